The average Bonchev–Trinajstić information content (AvgIpc) is 1.65. The third-order valence-corrected chi connectivity index (χ3v) is 1.63. The summed E-state index contributed by atoms with van der Waals surface area (Å²) in [5.41, 5.74) is 0. The van der Waals surface area contributed by atoms with Gasteiger partial charge in [0.1, 0.15) is 0 Å². The lowest BCUT2D eigenvalue weighted by molar-refractivity contribution is -0.147. The van der Waals surface area contributed by atoms with Gasteiger partial charge in [-0.05, 0) is 15.9 Å². The highest BCUT2D eigenvalue weighted by Crippen LogP contribution is 2.22. The van der Waals surface area contributed by atoms with Crippen LogP contribution in [0.25, 0.3) is 0 Å². The lowest BCUT2D eigenvalue weighted by Crippen LogP contribution is -2.34. The summed E-state index contributed by atoms with van der Waals surface area (Å²) in [6, 6.07) is 0. The van der Waals surface area contributed by atoms with E-state index in [-0.39, 0.29) is 0 Å². The first-order valence-electron chi connectivity index (χ1n) is 1.77. The van der Waals surface area contributed by atoms with Gasteiger partial charge in [-0.15, -0.1) is 12.6 Å². The van der Waals surface area contributed by atoms with Crippen LogP contribution in [0.3, 0.4) is 0 Å². The van der Waals surface area contributed by atoms with Crippen LogP contribution < -0.4 is 0 Å². The van der Waals surface area contributed by atoms with Gasteiger partial charge in [0.15, 0.2) is 0 Å². The number of carbonyl (C=O) groups is 2. The molecule has 52 valence electrons. The number of alkyl halides is 1. The van der Waals surface area contributed by atoms with Gasteiger partial charge in [-0.2, -0.15) is 0 Å². The summed E-state index contributed by atoms with van der Waals surface area (Å²) < 4.78 is -2.16. The summed E-state index contributed by atoms with van der Waals surface area (Å²) in [6.07, 6.45) is 0. The summed E-state index contributed by atoms with van der Waals surface area (Å²) in [7, 11) is 0. The van der Waals surface area contributed by atoms with Gasteiger partial charge in [-0.3, -0.25) is 0 Å². The van der Waals surface area contributed by atoms with Gasteiger partial charge in [0.25, 0.3) is 3.66 Å². The van der Waals surface area contributed by atoms with Gasteiger partial charge in [0, 0.05) is 0 Å². The van der Waals surface area contributed by atoms with Crippen molar-refractivity contribution in [1.82, 2.24) is 0 Å². The molecule has 0 fully saturated rings. The Hall–Kier alpha value is -0.230. The lowest BCUT2D eigenvalue weighted by Gasteiger charge is -2.07. The Morgan fingerprint density at radius 1 is 1.33 bits per heavy atom. The zero-order chi connectivity index (χ0) is 7.65. The van der Waals surface area contributed by atoms with Crippen molar-refractivity contribution >= 4 is 40.5 Å². The molecular formula is C3H3BrO4S. The highest BCUT2D eigenvalue weighted by atomic mass is 79.9. The molecule has 0 heterocycles. The molecule has 9 heavy (non-hydrogen) atoms. The quantitative estimate of drug-likeness (QED) is 0.349. The minimum atomic E-state index is -2.16. The van der Waals surface area contributed by atoms with Crippen LogP contribution in [0.15, 0.2) is 0 Å². The Bertz CT molecular complexity index is 138. The van der Waals surface area contributed by atoms with E-state index in [2.05, 4.69) is 28.6 Å². The largest absolute Gasteiger partial charge is 0.479 e. The molecule has 0 unspecified atom stereocenters. The molecule has 4 nitrogen and oxygen atoms in total. The molecule has 0 bridgehead atoms. The van der Waals surface area contributed by atoms with Crippen molar-refractivity contribution < 1.29 is 19.8 Å². The van der Waals surface area contributed by atoms with Crippen LogP contribution >= 0.6 is 28.6 Å². The Balaban J connectivity index is 4.38. The Morgan fingerprint density at radius 3 is 1.56 bits per heavy atom. The van der Waals surface area contributed by atoms with Crippen LogP contribution in [0.1, 0.15) is 0 Å². The van der Waals surface area contributed by atoms with Crippen molar-refractivity contribution in [2.45, 2.75) is 3.66 Å². The molecule has 0 amide bonds. The van der Waals surface area contributed by atoms with Gasteiger partial charge in [0.05, 0.1) is 0 Å². The zero-order valence-electron chi connectivity index (χ0n) is 4.04. The van der Waals surface area contributed by atoms with Crippen LogP contribution in [0.4, 0.5) is 0 Å². The van der Waals surface area contributed by atoms with E-state index in [1.54, 1.807) is 0 Å². The van der Waals surface area contributed by atoms with Crippen molar-refractivity contribution in [3.05, 3.63) is 0 Å². The number of halogens is 1. The van der Waals surface area contributed by atoms with Crippen molar-refractivity contribution in [1.29, 1.82) is 0 Å². The molecule has 0 aliphatic rings. The van der Waals surface area contributed by atoms with Gasteiger partial charge >= 0.3 is 11.9 Å². The van der Waals surface area contributed by atoms with Crippen molar-refractivity contribution in [3.8, 4) is 0 Å². The molecule has 0 aliphatic carbocycles. The van der Waals surface area contributed by atoms with E-state index < -0.39 is 15.6 Å². The predicted molar refractivity (Wildman–Crippen MR) is 35.9 cm³/mol. The second-order valence-corrected chi connectivity index (χ2v) is 3.71. The number of aliphatic carboxylic acids is 2. The molecule has 0 saturated heterocycles. The summed E-state index contributed by atoms with van der Waals surface area (Å²) in [6.45, 7) is 0. The fourth-order valence-corrected chi connectivity index (χ4v) is 0.0915. The summed E-state index contributed by atoms with van der Waals surface area (Å²) in [5, 5.41) is 16.2. The number of thiol groups is 1. The number of carboxylic acid groups (broad SMARTS) is 2. The monoisotopic (exact) mass is 214 g/mol. The third-order valence-electron chi connectivity index (χ3n) is 0.567. The van der Waals surface area contributed by atoms with E-state index in [4.69, 9.17) is 10.2 Å². The maximum Gasteiger partial charge on any atom is 0.342 e. The van der Waals surface area contributed by atoms with Crippen molar-refractivity contribution in [3.63, 3.8) is 0 Å². The minimum Gasteiger partial charge on any atom is -0.479 e. The van der Waals surface area contributed by atoms with E-state index >= 15 is 0 Å². The normalized spacial score (nSPS) is 10.9. The summed E-state index contributed by atoms with van der Waals surface area (Å²) in [5.74, 6) is -3.09. The van der Waals surface area contributed by atoms with Crippen molar-refractivity contribution in [2.75, 3.05) is 0 Å². The van der Waals surface area contributed by atoms with Gasteiger partial charge in [-0.25, -0.2) is 9.59 Å². The summed E-state index contributed by atoms with van der Waals surface area (Å²) in [4.78, 5) is 19.9. The maximum absolute atomic E-state index is 9.96. The summed E-state index contributed by atoms with van der Waals surface area (Å²) >= 11 is 5.67. The third kappa shape index (κ3) is 1.87. The standard InChI is InChI=1S/C3H3BrO4S/c4-3(9,1(5)6)2(7)8/h9H,(H,5,6)(H,7,8). The predicted octanol–water partition coefficient (Wildman–Crippen LogP) is 0.177. The molecule has 0 saturated carbocycles. The average molecular weight is 215 g/mol. The molecule has 0 spiro atoms. The first-order chi connectivity index (χ1) is 3.89. The molecule has 0 aromatic carbocycles. The topological polar surface area (TPSA) is 74.6 Å². The maximum atomic E-state index is 9.96. The van der Waals surface area contributed by atoms with E-state index in [0.717, 1.165) is 0 Å². The number of rotatable bonds is 2. The van der Waals surface area contributed by atoms with Crippen LogP contribution in [0, 0.1) is 0 Å². The molecule has 0 rings (SSSR count). The molecular weight excluding hydrogens is 212 g/mol. The van der Waals surface area contributed by atoms with Gasteiger partial charge in [0.2, 0.25) is 0 Å². The smallest absolute Gasteiger partial charge is 0.342 e. The highest BCUT2D eigenvalue weighted by Gasteiger charge is 2.39. The van der Waals surface area contributed by atoms with E-state index in [1.165, 1.54) is 0 Å². The molecule has 0 radical (unpaired) electrons. The van der Waals surface area contributed by atoms with E-state index in [1.807, 2.05) is 0 Å². The SMILES string of the molecule is O=C(O)C(S)(Br)C(=O)O. The molecule has 0 aliphatic heterocycles. The fourth-order valence-electron chi connectivity index (χ4n) is 0.0915. The van der Waals surface area contributed by atoms with Gasteiger partial charge in [-0.1, -0.05) is 0 Å². The minimum absolute atomic E-state index is 1.54. The second-order valence-electron chi connectivity index (χ2n) is 1.23. The molecule has 0 aromatic rings. The van der Waals surface area contributed by atoms with Gasteiger partial charge < -0.3 is 10.2 Å². The lowest BCUT2D eigenvalue weighted by atomic mass is 10.4. The first kappa shape index (κ1) is 8.77. The Kier molecular flexibility index (Phi) is 2.50. The van der Waals surface area contributed by atoms with Crippen LogP contribution in [0.2, 0.25) is 0 Å². The van der Waals surface area contributed by atoms with Crippen molar-refractivity contribution in [2.24, 2.45) is 0 Å². The van der Waals surface area contributed by atoms with Crippen LogP contribution in [-0.2, 0) is 9.59 Å². The highest BCUT2D eigenvalue weighted by molar-refractivity contribution is 9.12. The van der Waals surface area contributed by atoms with E-state index in [0.29, 0.717) is 0 Å². The molecule has 0 aromatic heterocycles. The molecule has 6 heteroatoms. The van der Waals surface area contributed by atoms with Crippen LogP contribution in [-0.4, -0.2) is 25.8 Å². The number of carboxylic acids is 2. The van der Waals surface area contributed by atoms with E-state index in [9.17, 15) is 9.59 Å². The molecule has 0 atom stereocenters. The Morgan fingerprint density at radius 2 is 1.56 bits per heavy atom. The fraction of sp³-hybridized carbons (Fsp3) is 0.333. The number of hydrogen-bond acceptors (Lipinski definition) is 3. The molecule has 2 N–H and O–H groups in total. The van der Waals surface area contributed by atoms with Crippen LogP contribution in [0.5, 0.6) is 0 Å². The Labute approximate surface area is 64.4 Å². The first-order valence-corrected chi connectivity index (χ1v) is 3.01. The second kappa shape index (κ2) is 2.57. The zero-order valence-corrected chi connectivity index (χ0v) is 6.52. The number of hydrogen-bond donors (Lipinski definition) is 3.